The molecule has 0 radical (unpaired) electrons. The average Bonchev–Trinajstić information content (AvgIpc) is 3.38. The van der Waals surface area contributed by atoms with Gasteiger partial charge in [-0.2, -0.15) is 5.10 Å². The van der Waals surface area contributed by atoms with Crippen molar-refractivity contribution >= 4 is 23.7 Å². The normalized spacial score (nSPS) is 13.6. The zero-order valence-corrected chi connectivity index (χ0v) is 22.2. The van der Waals surface area contributed by atoms with Crippen LogP contribution in [0.15, 0.2) is 58.0 Å². The number of furan rings is 1. The highest BCUT2D eigenvalue weighted by Gasteiger charge is 2.24. The molecule has 1 aromatic heterocycles. The molecule has 0 saturated carbocycles. The molecule has 2 N–H and O–H groups in total. The van der Waals surface area contributed by atoms with Gasteiger partial charge in [0.2, 0.25) is 0 Å². The predicted octanol–water partition coefficient (Wildman–Crippen LogP) is 4.71. The molecule has 3 aromatic rings. The Labute approximate surface area is 226 Å². The van der Waals surface area contributed by atoms with Gasteiger partial charge >= 0.3 is 0 Å². The molecular formula is C29H32N4O6. The van der Waals surface area contributed by atoms with Gasteiger partial charge in [-0.15, -0.1) is 0 Å². The number of nitrogens with zero attached hydrogens (tertiary/aromatic N) is 2. The molecule has 0 spiro atoms. The summed E-state index contributed by atoms with van der Waals surface area (Å²) in [5.74, 6) is 0.477. The number of ether oxygens (including phenoxy) is 1. The topological polar surface area (TPSA) is 136 Å². The first-order valence-corrected chi connectivity index (χ1v) is 12.9. The van der Waals surface area contributed by atoms with Crippen LogP contribution in [0.3, 0.4) is 0 Å². The number of nitrogens with one attached hydrogen (secondary N) is 2. The summed E-state index contributed by atoms with van der Waals surface area (Å²) in [6, 6.07) is 13.0. The number of benzene rings is 2. The van der Waals surface area contributed by atoms with Crippen molar-refractivity contribution in [2.45, 2.75) is 52.5 Å². The van der Waals surface area contributed by atoms with Crippen LogP contribution in [0.4, 0.5) is 5.69 Å². The van der Waals surface area contributed by atoms with E-state index in [9.17, 15) is 19.7 Å². The van der Waals surface area contributed by atoms with Gasteiger partial charge in [0.15, 0.2) is 6.61 Å². The van der Waals surface area contributed by atoms with Crippen molar-refractivity contribution in [1.82, 2.24) is 10.7 Å². The van der Waals surface area contributed by atoms with E-state index in [0.29, 0.717) is 28.4 Å². The zero-order valence-electron chi connectivity index (χ0n) is 22.2. The molecular weight excluding hydrogens is 500 g/mol. The Hall–Kier alpha value is -4.47. The maximum absolute atomic E-state index is 12.7. The molecule has 2 aromatic carbocycles. The van der Waals surface area contributed by atoms with E-state index in [1.807, 2.05) is 26.0 Å². The Morgan fingerprint density at radius 3 is 2.59 bits per heavy atom. The minimum absolute atomic E-state index is 0.00395. The fourth-order valence-electron chi connectivity index (χ4n) is 4.53. The Balaban J connectivity index is 1.30. The minimum atomic E-state index is -0.809. The molecule has 1 atom stereocenters. The average molecular weight is 533 g/mol. The van der Waals surface area contributed by atoms with Gasteiger partial charge in [0.1, 0.15) is 23.3 Å². The van der Waals surface area contributed by atoms with E-state index >= 15 is 0 Å². The Morgan fingerprint density at radius 2 is 1.87 bits per heavy atom. The molecule has 10 nitrogen and oxygen atoms in total. The summed E-state index contributed by atoms with van der Waals surface area (Å²) in [5, 5.41) is 17.6. The molecule has 4 rings (SSSR count). The molecule has 0 saturated heterocycles. The van der Waals surface area contributed by atoms with Crippen molar-refractivity contribution < 1.29 is 23.7 Å². The van der Waals surface area contributed by atoms with Crippen LogP contribution in [0.5, 0.6) is 5.75 Å². The number of hydrogen-bond acceptors (Lipinski definition) is 7. The molecule has 10 heteroatoms. The van der Waals surface area contributed by atoms with Gasteiger partial charge in [0.05, 0.1) is 11.1 Å². The Kier molecular flexibility index (Phi) is 8.75. The van der Waals surface area contributed by atoms with Crippen molar-refractivity contribution in [3.8, 4) is 17.1 Å². The number of carbonyl (C=O) groups is 2. The lowest BCUT2D eigenvalue weighted by Crippen LogP contribution is -2.49. The predicted molar refractivity (Wildman–Crippen MR) is 147 cm³/mol. The van der Waals surface area contributed by atoms with Gasteiger partial charge < -0.3 is 14.5 Å². The summed E-state index contributed by atoms with van der Waals surface area (Å²) in [4.78, 5) is 35.8. The monoisotopic (exact) mass is 532 g/mol. The van der Waals surface area contributed by atoms with Gasteiger partial charge in [0, 0.05) is 17.7 Å². The van der Waals surface area contributed by atoms with Crippen molar-refractivity contribution in [1.29, 1.82) is 0 Å². The lowest BCUT2D eigenvalue weighted by Gasteiger charge is -2.21. The summed E-state index contributed by atoms with van der Waals surface area (Å²) in [6.45, 7) is 5.21. The number of aryl methyl sites for hydroxylation is 3. The molecule has 204 valence electrons. The third-order valence-electron chi connectivity index (χ3n) is 6.64. The summed E-state index contributed by atoms with van der Waals surface area (Å²) in [5.41, 5.74) is 6.46. The summed E-state index contributed by atoms with van der Waals surface area (Å²) >= 11 is 0. The number of fused-ring (bicyclic) bond motifs is 1. The number of rotatable bonds is 10. The summed E-state index contributed by atoms with van der Waals surface area (Å²) in [7, 11) is 0. The highest BCUT2D eigenvalue weighted by Crippen LogP contribution is 2.28. The van der Waals surface area contributed by atoms with Crippen LogP contribution in [-0.4, -0.2) is 35.6 Å². The van der Waals surface area contributed by atoms with E-state index in [2.05, 4.69) is 21.9 Å². The lowest BCUT2D eigenvalue weighted by atomic mass is 9.92. The highest BCUT2D eigenvalue weighted by atomic mass is 16.6. The molecule has 1 aliphatic carbocycles. The standard InChI is InChI=1S/C29H32N4O6/c1-18(2)28(31-27(34)17-38-23-10-8-20-6-4-5-7-21(20)15-23)29(35)32-30-16-24-11-13-26(39-24)25-12-9-22(33(36)37)14-19(25)3/h8-16,18,28H,4-7,17H2,1-3H3,(H,31,34)(H,32,35)/b30-16-/t28-/m0/s1. The minimum Gasteiger partial charge on any atom is -0.484 e. The molecule has 39 heavy (non-hydrogen) atoms. The van der Waals surface area contributed by atoms with Crippen LogP contribution in [0.2, 0.25) is 0 Å². The van der Waals surface area contributed by atoms with E-state index in [0.717, 1.165) is 19.3 Å². The van der Waals surface area contributed by atoms with Crippen LogP contribution < -0.4 is 15.5 Å². The van der Waals surface area contributed by atoms with Gasteiger partial charge in [-0.25, -0.2) is 5.43 Å². The number of hydrogen-bond donors (Lipinski definition) is 2. The maximum atomic E-state index is 12.7. The first-order chi connectivity index (χ1) is 18.7. The largest absolute Gasteiger partial charge is 0.484 e. The molecule has 0 fully saturated rings. The van der Waals surface area contributed by atoms with Crippen LogP contribution in [0, 0.1) is 23.0 Å². The molecule has 0 aliphatic heterocycles. The second-order valence-corrected chi connectivity index (χ2v) is 9.91. The van der Waals surface area contributed by atoms with E-state index < -0.39 is 22.8 Å². The number of nitro groups is 1. The first kappa shape index (κ1) is 27.6. The fourth-order valence-corrected chi connectivity index (χ4v) is 4.53. The van der Waals surface area contributed by atoms with Gasteiger partial charge in [-0.3, -0.25) is 19.7 Å². The van der Waals surface area contributed by atoms with Gasteiger partial charge in [-0.05, 0) is 85.5 Å². The van der Waals surface area contributed by atoms with Crippen LogP contribution in [-0.2, 0) is 22.4 Å². The van der Waals surface area contributed by atoms with Crippen molar-refractivity contribution in [2.24, 2.45) is 11.0 Å². The number of nitro benzene ring substituents is 1. The number of amides is 2. The smallest absolute Gasteiger partial charge is 0.269 e. The van der Waals surface area contributed by atoms with Crippen molar-refractivity contribution in [3.63, 3.8) is 0 Å². The molecule has 1 aliphatic rings. The Bertz CT molecular complexity index is 1390. The zero-order chi connectivity index (χ0) is 27.9. The summed E-state index contributed by atoms with van der Waals surface area (Å²) in [6.07, 6.45) is 5.80. The lowest BCUT2D eigenvalue weighted by molar-refractivity contribution is -0.384. The van der Waals surface area contributed by atoms with Crippen LogP contribution >= 0.6 is 0 Å². The third kappa shape index (κ3) is 7.10. The second-order valence-electron chi connectivity index (χ2n) is 9.91. The summed E-state index contributed by atoms with van der Waals surface area (Å²) < 4.78 is 11.4. The van der Waals surface area contributed by atoms with Crippen LogP contribution in [0.25, 0.3) is 11.3 Å². The van der Waals surface area contributed by atoms with Crippen LogP contribution in [0.1, 0.15) is 49.1 Å². The quantitative estimate of drug-likeness (QED) is 0.220. The molecule has 1 heterocycles. The van der Waals surface area contributed by atoms with E-state index in [1.165, 1.54) is 35.9 Å². The number of hydrazone groups is 1. The third-order valence-corrected chi connectivity index (χ3v) is 6.64. The first-order valence-electron chi connectivity index (χ1n) is 12.9. The number of non-ortho nitro benzene ring substituents is 1. The van der Waals surface area contributed by atoms with Crippen molar-refractivity contribution in [3.05, 3.63) is 81.1 Å². The van der Waals surface area contributed by atoms with Gasteiger partial charge in [0.25, 0.3) is 17.5 Å². The van der Waals surface area contributed by atoms with E-state index in [4.69, 9.17) is 9.15 Å². The fraction of sp³-hybridized carbons (Fsp3) is 0.345. The van der Waals surface area contributed by atoms with E-state index in [1.54, 1.807) is 25.1 Å². The highest BCUT2D eigenvalue weighted by molar-refractivity contribution is 5.89. The van der Waals surface area contributed by atoms with Gasteiger partial charge in [-0.1, -0.05) is 19.9 Å². The molecule has 0 bridgehead atoms. The second kappa shape index (κ2) is 12.4. The van der Waals surface area contributed by atoms with E-state index in [-0.39, 0.29) is 18.2 Å². The molecule has 2 amide bonds. The Morgan fingerprint density at radius 1 is 1.10 bits per heavy atom. The SMILES string of the molecule is Cc1cc([N+](=O)[O-])ccc1-c1ccc(/C=N\NC(=O)[C@@H](NC(=O)COc2ccc3c(c2)CCCC3)C(C)C)o1. The molecule has 0 unspecified atom stereocenters. The van der Waals surface area contributed by atoms with Crippen molar-refractivity contribution in [2.75, 3.05) is 6.61 Å². The maximum Gasteiger partial charge on any atom is 0.269 e. The number of carbonyl (C=O) groups excluding carboxylic acids is 2.